The second-order valence-electron chi connectivity index (χ2n) is 7.49. The van der Waals surface area contributed by atoms with Crippen molar-refractivity contribution in [3.05, 3.63) is 77.9 Å². The van der Waals surface area contributed by atoms with Crippen molar-refractivity contribution in [3.8, 4) is 0 Å². The molecule has 0 fully saturated rings. The molecule has 0 spiro atoms. The molecule has 0 aromatic heterocycles. The molecule has 0 aliphatic heterocycles. The number of anilines is 1. The van der Waals surface area contributed by atoms with Gasteiger partial charge in [0.2, 0.25) is 5.91 Å². The highest BCUT2D eigenvalue weighted by Crippen LogP contribution is 2.21. The Morgan fingerprint density at radius 2 is 1.68 bits per heavy atom. The number of alkyl carbamates (subject to hydrolysis) is 1. The second-order valence-corrected chi connectivity index (χ2v) is 7.49. The van der Waals surface area contributed by atoms with Crippen molar-refractivity contribution in [1.29, 1.82) is 0 Å². The zero-order chi connectivity index (χ0) is 23.6. The molecule has 2 amide bonds. The third-order valence-corrected chi connectivity index (χ3v) is 5.04. The molecule has 0 aliphatic carbocycles. The molecule has 0 bridgehead atoms. The number of amides is 2. The molecule has 8 nitrogen and oxygen atoms in total. The van der Waals surface area contributed by atoms with E-state index in [9.17, 15) is 14.4 Å². The van der Waals surface area contributed by atoms with Crippen molar-refractivity contribution in [3.63, 3.8) is 0 Å². The SMILES string of the molecule is COC(=O)c1ccc2cc(NC(=O)[C@@H](N)CCCNC(=O)OCc3ccccc3)ccc2c1.Cl. The third kappa shape index (κ3) is 7.75. The van der Waals surface area contributed by atoms with Gasteiger partial charge in [-0.3, -0.25) is 4.79 Å². The molecule has 4 N–H and O–H groups in total. The van der Waals surface area contributed by atoms with E-state index < -0.39 is 18.1 Å². The van der Waals surface area contributed by atoms with Gasteiger partial charge in [-0.25, -0.2) is 9.59 Å². The van der Waals surface area contributed by atoms with Crippen LogP contribution in [0.3, 0.4) is 0 Å². The summed E-state index contributed by atoms with van der Waals surface area (Å²) in [5.74, 6) is -0.716. The normalized spacial score (nSPS) is 11.1. The zero-order valence-electron chi connectivity index (χ0n) is 18.8. The van der Waals surface area contributed by atoms with Crippen LogP contribution < -0.4 is 16.4 Å². The molecule has 0 unspecified atom stereocenters. The number of halogens is 1. The van der Waals surface area contributed by atoms with Crippen LogP contribution in [0.5, 0.6) is 0 Å². The van der Waals surface area contributed by atoms with Crippen LogP contribution in [0.4, 0.5) is 10.5 Å². The number of esters is 1. The van der Waals surface area contributed by atoms with Crippen molar-refractivity contribution in [2.75, 3.05) is 19.0 Å². The van der Waals surface area contributed by atoms with Crippen LogP contribution in [0.1, 0.15) is 28.8 Å². The Hall–Kier alpha value is -3.62. The predicted molar refractivity (Wildman–Crippen MR) is 133 cm³/mol. The largest absolute Gasteiger partial charge is 0.465 e. The van der Waals surface area contributed by atoms with E-state index in [0.717, 1.165) is 16.3 Å². The van der Waals surface area contributed by atoms with Gasteiger partial charge in [-0.15, -0.1) is 12.4 Å². The Labute approximate surface area is 204 Å². The van der Waals surface area contributed by atoms with E-state index in [-0.39, 0.29) is 24.9 Å². The fourth-order valence-electron chi connectivity index (χ4n) is 3.22. The summed E-state index contributed by atoms with van der Waals surface area (Å²) in [5, 5.41) is 7.18. The van der Waals surface area contributed by atoms with Gasteiger partial charge in [0.25, 0.3) is 0 Å². The number of nitrogens with one attached hydrogen (secondary N) is 2. The molecule has 1 atom stereocenters. The fraction of sp³-hybridized carbons (Fsp3) is 0.240. The van der Waals surface area contributed by atoms with Gasteiger partial charge in [0.1, 0.15) is 6.61 Å². The quantitative estimate of drug-likeness (QED) is 0.311. The Kier molecular flexibility index (Phi) is 10.3. The van der Waals surface area contributed by atoms with E-state index in [2.05, 4.69) is 10.6 Å². The number of carbonyl (C=O) groups is 3. The first-order chi connectivity index (χ1) is 16.0. The third-order valence-electron chi connectivity index (χ3n) is 5.04. The van der Waals surface area contributed by atoms with Crippen LogP contribution in [0.2, 0.25) is 0 Å². The number of hydrogen-bond acceptors (Lipinski definition) is 6. The summed E-state index contributed by atoms with van der Waals surface area (Å²) in [6.45, 7) is 0.553. The maximum Gasteiger partial charge on any atom is 0.407 e. The first kappa shape index (κ1) is 26.6. The predicted octanol–water partition coefficient (Wildman–Crippen LogP) is 4.02. The van der Waals surface area contributed by atoms with E-state index >= 15 is 0 Å². The molecule has 34 heavy (non-hydrogen) atoms. The molecule has 0 aliphatic rings. The average molecular weight is 486 g/mol. The molecule has 3 aromatic rings. The number of methoxy groups -OCH3 is 1. The Bertz CT molecular complexity index is 1120. The highest BCUT2D eigenvalue weighted by molar-refractivity contribution is 5.99. The fourth-order valence-corrected chi connectivity index (χ4v) is 3.22. The van der Waals surface area contributed by atoms with Crippen molar-refractivity contribution in [2.24, 2.45) is 5.73 Å². The highest BCUT2D eigenvalue weighted by Gasteiger charge is 2.14. The Morgan fingerprint density at radius 3 is 2.41 bits per heavy atom. The molecule has 180 valence electrons. The molecular formula is C25H28ClN3O5. The summed E-state index contributed by atoms with van der Waals surface area (Å²) in [6, 6.07) is 19.2. The van der Waals surface area contributed by atoms with Crippen LogP contribution in [-0.4, -0.2) is 37.7 Å². The van der Waals surface area contributed by atoms with E-state index in [1.54, 1.807) is 24.3 Å². The van der Waals surface area contributed by atoms with E-state index in [0.29, 0.717) is 30.6 Å². The number of hydrogen-bond donors (Lipinski definition) is 3. The van der Waals surface area contributed by atoms with Gasteiger partial charge in [-0.1, -0.05) is 42.5 Å². The Balaban J connectivity index is 0.00000408. The Morgan fingerprint density at radius 1 is 0.971 bits per heavy atom. The van der Waals surface area contributed by atoms with Crippen molar-refractivity contribution in [2.45, 2.75) is 25.5 Å². The summed E-state index contributed by atoms with van der Waals surface area (Å²) in [6.07, 6.45) is 0.424. The number of ether oxygens (including phenoxy) is 2. The summed E-state index contributed by atoms with van der Waals surface area (Å²) in [5.41, 5.74) is 7.96. The summed E-state index contributed by atoms with van der Waals surface area (Å²) < 4.78 is 9.87. The van der Waals surface area contributed by atoms with Gasteiger partial charge < -0.3 is 25.8 Å². The minimum Gasteiger partial charge on any atom is -0.465 e. The molecule has 3 rings (SSSR count). The van der Waals surface area contributed by atoms with E-state index in [1.807, 2.05) is 42.5 Å². The van der Waals surface area contributed by atoms with Crippen molar-refractivity contribution < 1.29 is 23.9 Å². The van der Waals surface area contributed by atoms with E-state index in [1.165, 1.54) is 7.11 Å². The molecule has 3 aromatic carbocycles. The van der Waals surface area contributed by atoms with Gasteiger partial charge >= 0.3 is 12.1 Å². The molecule has 0 heterocycles. The number of benzene rings is 3. The minimum absolute atomic E-state index is 0. The van der Waals surface area contributed by atoms with Gasteiger partial charge in [0.15, 0.2) is 0 Å². The number of nitrogens with two attached hydrogens (primary N) is 1. The number of fused-ring (bicyclic) bond motifs is 1. The number of rotatable bonds is 9. The smallest absolute Gasteiger partial charge is 0.407 e. The summed E-state index contributed by atoms with van der Waals surface area (Å²) >= 11 is 0. The topological polar surface area (TPSA) is 120 Å². The van der Waals surface area contributed by atoms with E-state index in [4.69, 9.17) is 15.2 Å². The first-order valence-electron chi connectivity index (χ1n) is 10.6. The van der Waals surface area contributed by atoms with Crippen LogP contribution in [0.15, 0.2) is 66.7 Å². The first-order valence-corrected chi connectivity index (χ1v) is 10.6. The second kappa shape index (κ2) is 13.2. The lowest BCUT2D eigenvalue weighted by atomic mass is 10.1. The summed E-state index contributed by atoms with van der Waals surface area (Å²) in [7, 11) is 1.34. The van der Waals surface area contributed by atoms with Gasteiger partial charge in [0, 0.05) is 12.2 Å². The number of carbonyl (C=O) groups excluding carboxylic acids is 3. The van der Waals surface area contributed by atoms with Crippen molar-refractivity contribution in [1.82, 2.24) is 5.32 Å². The van der Waals surface area contributed by atoms with Crippen LogP contribution in [0, 0.1) is 0 Å². The zero-order valence-corrected chi connectivity index (χ0v) is 19.6. The van der Waals surface area contributed by atoms with Gasteiger partial charge in [-0.05, 0) is 53.4 Å². The molecule has 0 saturated carbocycles. The van der Waals surface area contributed by atoms with Gasteiger partial charge in [0.05, 0.1) is 18.7 Å². The maximum absolute atomic E-state index is 12.4. The van der Waals surface area contributed by atoms with Crippen LogP contribution >= 0.6 is 12.4 Å². The van der Waals surface area contributed by atoms with Crippen LogP contribution in [-0.2, 0) is 20.9 Å². The lowest BCUT2D eigenvalue weighted by Crippen LogP contribution is -2.36. The van der Waals surface area contributed by atoms with Gasteiger partial charge in [-0.2, -0.15) is 0 Å². The van der Waals surface area contributed by atoms with Crippen molar-refractivity contribution >= 4 is 46.8 Å². The molecule has 9 heteroatoms. The maximum atomic E-state index is 12.4. The highest BCUT2D eigenvalue weighted by atomic mass is 35.5. The summed E-state index contributed by atoms with van der Waals surface area (Å²) in [4.78, 5) is 35.8. The lowest BCUT2D eigenvalue weighted by molar-refractivity contribution is -0.117. The monoisotopic (exact) mass is 485 g/mol. The average Bonchev–Trinajstić information content (AvgIpc) is 2.85. The molecular weight excluding hydrogens is 458 g/mol. The standard InChI is InChI=1S/C25H27N3O5.ClH/c1-32-24(30)20-10-9-19-15-21(12-11-18(19)14-20)28-23(29)22(26)8-5-13-27-25(31)33-16-17-6-3-2-4-7-17;/h2-4,6-7,9-12,14-15,22H,5,8,13,16,26H2,1H3,(H,27,31)(H,28,29);1H/t22-;/m0./s1. The lowest BCUT2D eigenvalue weighted by Gasteiger charge is -2.13. The molecule has 0 radical (unpaired) electrons. The minimum atomic E-state index is -0.718. The molecule has 0 saturated heterocycles. The van der Waals surface area contributed by atoms with Crippen LogP contribution in [0.25, 0.3) is 10.8 Å².